The Morgan fingerprint density at radius 1 is 0.560 bits per heavy atom. The average molecular weight is 1200 g/mol. The monoisotopic (exact) mass is 1200 g/mol. The predicted molar refractivity (Wildman–Crippen MR) is 364 cm³/mol. The van der Waals surface area contributed by atoms with Crippen LogP contribution < -0.4 is 5.32 Å². The first-order chi connectivity index (χ1) is 30.8. The third-order valence-electron chi connectivity index (χ3n) is 11.9. The summed E-state index contributed by atoms with van der Waals surface area (Å²) >= 11 is 3.59. The summed E-state index contributed by atoms with van der Waals surface area (Å²) in [5, 5.41) is 12.4. The maximum atomic E-state index is 9.04. The zero-order valence-corrected chi connectivity index (χ0v) is 51.6. The summed E-state index contributed by atoms with van der Waals surface area (Å²) in [5.41, 5.74) is 4.45. The number of hydrogen-bond acceptors (Lipinski definition) is 10. The maximum absolute atomic E-state index is 9.04. The molecule has 5 saturated heterocycles. The van der Waals surface area contributed by atoms with E-state index in [2.05, 4.69) is 126 Å². The molecule has 75 heavy (non-hydrogen) atoms. The molecule has 0 saturated carbocycles. The van der Waals surface area contributed by atoms with Crippen LogP contribution in [0.25, 0.3) is 0 Å². The number of piperidine rings is 5. The first kappa shape index (κ1) is 93.3. The molecule has 3 N–H and O–H groups in total. The number of aliphatic hydroxyl groups excluding tert-OH is 1. The Morgan fingerprint density at radius 3 is 1.28 bits per heavy atom. The van der Waals surface area contributed by atoms with Gasteiger partial charge in [-0.05, 0) is 146 Å². The van der Waals surface area contributed by atoms with Gasteiger partial charge >= 0.3 is 0 Å². The summed E-state index contributed by atoms with van der Waals surface area (Å²) in [4.78, 5) is 29.5. The first-order valence-corrected chi connectivity index (χ1v) is 25.0. The second kappa shape index (κ2) is 54.9. The van der Waals surface area contributed by atoms with E-state index < -0.39 is 0 Å². The summed E-state index contributed by atoms with van der Waals surface area (Å²) in [6.07, 6.45) is 28.2. The minimum Gasteiger partial charge on any atom is -0.392 e. The maximum Gasteiger partial charge on any atom is 0.205 e. The normalized spacial score (nSPS) is 20.6. The Bertz CT molecular complexity index is 1700. The molecule has 2 radical (unpaired) electrons. The molecule has 5 aliphatic rings. The lowest BCUT2D eigenvalue weighted by Gasteiger charge is -2.32. The van der Waals surface area contributed by atoms with Crippen molar-refractivity contribution in [2.75, 3.05) is 86.6 Å². The van der Waals surface area contributed by atoms with Gasteiger partial charge in [0.2, 0.25) is 7.41 Å². The van der Waals surface area contributed by atoms with Crippen LogP contribution in [0.2, 0.25) is 20.5 Å². The Hall–Kier alpha value is -1.07. The molecule has 5 aliphatic heterocycles. The standard InChI is InChI=1S/C10H17BN3.C10H17N3.C9H15N3.C6H12BrN.C6H13NO.C4H6N2.C2H6B.7CH4.4H3P/c1-9-6-13(8-12-9)10-4-3-5-14(7-10)11-2;1-9-6-13(8-11-9)10-4-3-5-12(2)7-10;1-8-6-12(7-11-8)9-3-2-4-10-5-9;1-8-4-2-3-6(7)5-8;1-7-4-2-3-6(8)5-7;1-4-2-5-3-6-4;1-3-2;;;;;;;;;;;/h6,8,10H,3-5,7H2,1-2H3;6,8,10H,3-5,7H2,1-2H3;6-7,9-10H,2-5H2,1H3;6H,2-5H2,1H3;6,8H,2-5H2,1H3;2-3H,1H3,(H,5,6);1-2H3;7*1H4;4*1H3. The molecule has 0 amide bonds. The van der Waals surface area contributed by atoms with Gasteiger partial charge in [-0.1, -0.05) is 88.4 Å². The van der Waals surface area contributed by atoms with Crippen LogP contribution in [0.1, 0.15) is 157 Å². The van der Waals surface area contributed by atoms with Crippen molar-refractivity contribution >= 4 is 70.2 Å². The molecule has 14 nitrogen and oxygen atoms in total. The number of likely N-dealkylation sites (tertiary alicyclic amines) is 3. The van der Waals surface area contributed by atoms with Crippen LogP contribution in [0.3, 0.4) is 0 Å². The van der Waals surface area contributed by atoms with Crippen molar-refractivity contribution in [3.05, 3.63) is 72.9 Å². The van der Waals surface area contributed by atoms with E-state index in [-0.39, 0.29) is 97.7 Å². The molecule has 0 aliphatic carbocycles. The van der Waals surface area contributed by atoms with Gasteiger partial charge in [-0.15, -0.1) is 0 Å². The Labute approximate surface area is 489 Å². The SMILES string of the molecule is C.C.C.C.C.C.C.CN1CCCC(Br)C1.CN1CCCC(O)C1.C[B]C.C[B]N1CCCC(n2cnc(C)c2)C1.Cc1cn(C2CCCN(C)C2)cn1.Cc1cn(C2CCCNC2)cn1.Cc1cnc[nH]1.P.P.P.P. The Kier molecular flexibility index (Phi) is 68.2. The lowest BCUT2D eigenvalue weighted by Crippen LogP contribution is -2.37. The van der Waals surface area contributed by atoms with Crippen molar-refractivity contribution in [3.8, 4) is 0 Å². The summed E-state index contributed by atoms with van der Waals surface area (Å²) < 4.78 is 6.73. The lowest BCUT2D eigenvalue weighted by atomic mass is 9.88. The molecule has 4 aromatic heterocycles. The number of H-pyrrole nitrogens is 1. The quantitative estimate of drug-likeness (QED) is 0.103. The van der Waals surface area contributed by atoms with Gasteiger partial charge in [0.05, 0.1) is 48.5 Å². The lowest BCUT2D eigenvalue weighted by molar-refractivity contribution is 0.0846. The number of imidazole rings is 4. The fraction of sp³-hybridized carbons (Fsp3) is 0.778. The minimum atomic E-state index is -0.0613. The van der Waals surface area contributed by atoms with Crippen LogP contribution in [0.15, 0.2) is 50.1 Å². The molecule has 5 fully saturated rings. The van der Waals surface area contributed by atoms with E-state index in [1.807, 2.05) is 74.7 Å². The topological polar surface area (TPSA) is 127 Å². The van der Waals surface area contributed by atoms with Crippen molar-refractivity contribution in [1.29, 1.82) is 0 Å². The van der Waals surface area contributed by atoms with Crippen LogP contribution in [0.5, 0.6) is 0 Å². The number of halogens is 1. The molecule has 9 atom stereocenters. The smallest absolute Gasteiger partial charge is 0.205 e. The molecule has 0 bridgehead atoms. The number of hydrogen-bond donors (Lipinski definition) is 3. The number of nitrogens with zero attached hydrogens (tertiary/aromatic N) is 11. The van der Waals surface area contributed by atoms with Crippen molar-refractivity contribution in [2.24, 2.45) is 0 Å². The zero-order chi connectivity index (χ0) is 46.7. The number of aryl methyl sites for hydroxylation is 4. The number of aliphatic hydroxyl groups is 1. The largest absolute Gasteiger partial charge is 0.392 e. The minimum absolute atomic E-state index is 0. The van der Waals surface area contributed by atoms with Crippen molar-refractivity contribution in [3.63, 3.8) is 0 Å². The molecular weight excluding hydrogens is 1070 g/mol. The molecule has 9 heterocycles. The molecule has 9 rings (SSSR count). The van der Waals surface area contributed by atoms with E-state index in [1.54, 1.807) is 12.5 Å². The molecule has 4 aromatic rings. The summed E-state index contributed by atoms with van der Waals surface area (Å²) in [5.74, 6) is 0. The van der Waals surface area contributed by atoms with Gasteiger partial charge in [-0.3, -0.25) is 0 Å². The van der Waals surface area contributed by atoms with Crippen LogP contribution in [-0.2, 0) is 0 Å². The second-order valence-electron chi connectivity index (χ2n) is 18.4. The van der Waals surface area contributed by atoms with Crippen LogP contribution in [0, 0.1) is 27.7 Å². The van der Waals surface area contributed by atoms with Crippen LogP contribution in [0.4, 0.5) is 0 Å². The van der Waals surface area contributed by atoms with Gasteiger partial charge in [-0.2, -0.15) is 39.6 Å². The van der Waals surface area contributed by atoms with Gasteiger partial charge in [0, 0.05) is 86.2 Å². The highest BCUT2D eigenvalue weighted by atomic mass is 79.9. The number of β-amino-alcohol motifs (C(OH)–C–C–N with tert-alkyl or cyclic N) is 1. The highest BCUT2D eigenvalue weighted by Gasteiger charge is 2.21. The van der Waals surface area contributed by atoms with Crippen LogP contribution in [-0.4, -0.2) is 175 Å². The number of alkyl halides is 1. The third-order valence-corrected chi connectivity index (χ3v) is 12.7. The van der Waals surface area contributed by atoms with Gasteiger partial charge < -0.3 is 48.6 Å². The molecule has 0 spiro atoms. The highest BCUT2D eigenvalue weighted by molar-refractivity contribution is 9.09. The van der Waals surface area contributed by atoms with Crippen LogP contribution >= 0.6 is 55.5 Å². The Morgan fingerprint density at radius 2 is 0.973 bits per heavy atom. The number of aromatic nitrogens is 8. The second-order valence-corrected chi connectivity index (χ2v) is 19.7. The molecule has 0 aromatic carbocycles. The zero-order valence-electron chi connectivity index (χ0n) is 44.4. The van der Waals surface area contributed by atoms with Gasteiger partial charge in [0.15, 0.2) is 0 Å². The van der Waals surface area contributed by atoms with E-state index >= 15 is 0 Å². The number of likely N-dealkylation sites (N-methyl/N-ethyl adjacent to an activating group) is 2. The summed E-state index contributed by atoms with van der Waals surface area (Å²) in [7, 11) is 10.6. The van der Waals surface area contributed by atoms with Gasteiger partial charge in [0.1, 0.15) is 7.28 Å². The van der Waals surface area contributed by atoms with E-state index in [0.717, 1.165) is 73.2 Å². The number of rotatable bonds is 4. The summed E-state index contributed by atoms with van der Waals surface area (Å²) in [6, 6.07) is 1.88. The Balaban J connectivity index is -0.0000000973. The van der Waals surface area contributed by atoms with Crippen molar-refractivity contribution in [1.82, 2.24) is 63.4 Å². The fourth-order valence-corrected chi connectivity index (χ4v) is 9.24. The van der Waals surface area contributed by atoms with E-state index in [4.69, 9.17) is 5.11 Å². The van der Waals surface area contributed by atoms with E-state index in [1.165, 1.54) is 84.1 Å². The molecular formula is C54H126B2BrN13OP4. The average Bonchev–Trinajstić information content (AvgIpc) is 4.13. The van der Waals surface area contributed by atoms with Crippen molar-refractivity contribution < 1.29 is 5.11 Å². The van der Waals surface area contributed by atoms with Crippen molar-refractivity contribution in [2.45, 2.75) is 193 Å². The number of aromatic amines is 1. The molecule has 446 valence electrons. The fourth-order valence-electron chi connectivity index (χ4n) is 8.42. The van der Waals surface area contributed by atoms with E-state index in [9.17, 15) is 0 Å². The van der Waals surface area contributed by atoms with Gasteiger partial charge in [-0.25, -0.2) is 19.9 Å². The highest BCUT2D eigenvalue weighted by Crippen LogP contribution is 2.22. The first-order valence-electron chi connectivity index (χ1n) is 24.1. The molecule has 21 heteroatoms. The predicted octanol–water partition coefficient (Wildman–Crippen LogP) is 11.8. The third kappa shape index (κ3) is 40.7. The van der Waals surface area contributed by atoms with E-state index in [0.29, 0.717) is 18.1 Å². The summed E-state index contributed by atoms with van der Waals surface area (Å²) in [6.45, 7) is 25.7. The molecule has 9 unspecified atom stereocenters. The van der Waals surface area contributed by atoms with Gasteiger partial charge in [0.25, 0.3) is 0 Å². The number of nitrogens with one attached hydrogen (secondary N) is 2.